The van der Waals surface area contributed by atoms with E-state index in [1.54, 1.807) is 19.1 Å². The van der Waals surface area contributed by atoms with Crippen molar-refractivity contribution in [2.75, 3.05) is 13.7 Å². The number of primary amides is 1. The number of hydrogen-bond donors (Lipinski definition) is 4. The zero-order valence-electron chi connectivity index (χ0n) is 15.4. The number of carbonyl (C=O) groups excluding carboxylic acids is 3. The summed E-state index contributed by atoms with van der Waals surface area (Å²) >= 11 is 0. The number of nitrogens with one attached hydrogen (secondary N) is 3. The van der Waals surface area contributed by atoms with Crippen LogP contribution in [0.25, 0.3) is 0 Å². The Morgan fingerprint density at radius 3 is 2.38 bits per heavy atom. The SMILES string of the molecule is CCOc1ccc(C(=O)NNC(=O)C(NC(N)=O)C(C)CC)cc1OC. The molecule has 9 heteroatoms. The van der Waals surface area contributed by atoms with Gasteiger partial charge in [-0.15, -0.1) is 0 Å². The highest BCUT2D eigenvalue weighted by atomic mass is 16.5. The monoisotopic (exact) mass is 366 g/mol. The third-order valence-corrected chi connectivity index (χ3v) is 3.82. The van der Waals surface area contributed by atoms with E-state index in [2.05, 4.69) is 16.2 Å². The summed E-state index contributed by atoms with van der Waals surface area (Å²) in [6.45, 7) is 5.96. The maximum atomic E-state index is 12.2. The lowest BCUT2D eigenvalue weighted by atomic mass is 9.99. The van der Waals surface area contributed by atoms with E-state index in [1.165, 1.54) is 13.2 Å². The zero-order valence-corrected chi connectivity index (χ0v) is 15.4. The molecule has 0 radical (unpaired) electrons. The van der Waals surface area contributed by atoms with Gasteiger partial charge in [-0.25, -0.2) is 4.79 Å². The van der Waals surface area contributed by atoms with Gasteiger partial charge in [-0.1, -0.05) is 20.3 Å². The molecule has 5 N–H and O–H groups in total. The van der Waals surface area contributed by atoms with E-state index >= 15 is 0 Å². The first-order chi connectivity index (χ1) is 12.3. The molecule has 1 aromatic carbocycles. The topological polar surface area (TPSA) is 132 Å². The fraction of sp³-hybridized carbons (Fsp3) is 0.471. The molecule has 26 heavy (non-hydrogen) atoms. The van der Waals surface area contributed by atoms with E-state index in [9.17, 15) is 14.4 Å². The Bertz CT molecular complexity index is 650. The molecule has 0 aliphatic carbocycles. The zero-order chi connectivity index (χ0) is 19.7. The van der Waals surface area contributed by atoms with E-state index in [0.717, 1.165) is 0 Å². The minimum atomic E-state index is -0.854. The number of benzene rings is 1. The second-order valence-corrected chi connectivity index (χ2v) is 5.61. The molecule has 144 valence electrons. The lowest BCUT2D eigenvalue weighted by Gasteiger charge is -2.22. The highest BCUT2D eigenvalue weighted by Crippen LogP contribution is 2.27. The van der Waals surface area contributed by atoms with Crippen molar-refractivity contribution in [2.45, 2.75) is 33.2 Å². The molecule has 4 amide bonds. The molecule has 0 aromatic heterocycles. The predicted molar refractivity (Wildman–Crippen MR) is 95.7 cm³/mol. The molecule has 2 atom stereocenters. The van der Waals surface area contributed by atoms with Crippen LogP contribution in [0.4, 0.5) is 4.79 Å². The summed E-state index contributed by atoms with van der Waals surface area (Å²) in [7, 11) is 1.47. The van der Waals surface area contributed by atoms with Crippen molar-refractivity contribution in [3.05, 3.63) is 23.8 Å². The van der Waals surface area contributed by atoms with Crippen molar-refractivity contribution >= 4 is 17.8 Å². The predicted octanol–water partition coefficient (Wildman–Crippen LogP) is 0.938. The van der Waals surface area contributed by atoms with Gasteiger partial charge in [-0.05, 0) is 31.0 Å². The largest absolute Gasteiger partial charge is 0.493 e. The molecule has 0 fully saturated rings. The average molecular weight is 366 g/mol. The van der Waals surface area contributed by atoms with Crippen LogP contribution in [0.5, 0.6) is 11.5 Å². The van der Waals surface area contributed by atoms with Crippen LogP contribution in [0.2, 0.25) is 0 Å². The van der Waals surface area contributed by atoms with Crippen molar-refractivity contribution in [3.63, 3.8) is 0 Å². The third kappa shape index (κ3) is 5.83. The minimum absolute atomic E-state index is 0.162. The molecule has 0 saturated carbocycles. The van der Waals surface area contributed by atoms with Crippen molar-refractivity contribution in [3.8, 4) is 11.5 Å². The van der Waals surface area contributed by atoms with Gasteiger partial charge in [0, 0.05) is 5.56 Å². The molecule has 2 unspecified atom stereocenters. The molecule has 0 spiro atoms. The van der Waals surface area contributed by atoms with Crippen molar-refractivity contribution in [2.24, 2.45) is 11.7 Å². The van der Waals surface area contributed by atoms with Crippen LogP contribution in [0, 0.1) is 5.92 Å². The summed E-state index contributed by atoms with van der Waals surface area (Å²) in [6.07, 6.45) is 0.641. The summed E-state index contributed by atoms with van der Waals surface area (Å²) in [6, 6.07) is 2.99. The van der Waals surface area contributed by atoms with E-state index in [0.29, 0.717) is 24.5 Å². The second-order valence-electron chi connectivity index (χ2n) is 5.61. The van der Waals surface area contributed by atoms with Crippen LogP contribution in [0.1, 0.15) is 37.6 Å². The fourth-order valence-electron chi connectivity index (χ4n) is 2.21. The number of hydrogen-bond acceptors (Lipinski definition) is 5. The Morgan fingerprint density at radius 2 is 1.85 bits per heavy atom. The van der Waals surface area contributed by atoms with Crippen LogP contribution in [0.15, 0.2) is 18.2 Å². The first-order valence-electron chi connectivity index (χ1n) is 8.30. The Morgan fingerprint density at radius 1 is 1.15 bits per heavy atom. The minimum Gasteiger partial charge on any atom is -0.493 e. The number of urea groups is 1. The molecule has 0 heterocycles. The maximum absolute atomic E-state index is 12.2. The number of rotatable bonds is 8. The lowest BCUT2D eigenvalue weighted by molar-refractivity contribution is -0.124. The molecule has 0 bridgehead atoms. The number of carbonyl (C=O) groups is 3. The number of methoxy groups -OCH3 is 1. The van der Waals surface area contributed by atoms with Gasteiger partial charge in [0.15, 0.2) is 11.5 Å². The Kier molecular flexibility index (Phi) is 8.20. The molecule has 9 nitrogen and oxygen atoms in total. The molecule has 0 aliphatic rings. The summed E-state index contributed by atoms with van der Waals surface area (Å²) < 4.78 is 10.6. The third-order valence-electron chi connectivity index (χ3n) is 3.82. The average Bonchev–Trinajstić information content (AvgIpc) is 2.63. The van der Waals surface area contributed by atoms with E-state index in [-0.39, 0.29) is 11.5 Å². The Balaban J connectivity index is 2.78. The highest BCUT2D eigenvalue weighted by molar-refractivity contribution is 5.96. The number of ether oxygens (including phenoxy) is 2. The molecule has 1 rings (SSSR count). The van der Waals surface area contributed by atoms with Crippen LogP contribution in [-0.4, -0.2) is 37.6 Å². The highest BCUT2D eigenvalue weighted by Gasteiger charge is 2.25. The molecule has 0 saturated heterocycles. The van der Waals surface area contributed by atoms with Gasteiger partial charge in [0.1, 0.15) is 6.04 Å². The fourth-order valence-corrected chi connectivity index (χ4v) is 2.21. The van der Waals surface area contributed by atoms with Gasteiger partial charge < -0.3 is 20.5 Å². The smallest absolute Gasteiger partial charge is 0.312 e. The summed E-state index contributed by atoms with van der Waals surface area (Å²) in [5.74, 6) is -0.354. The van der Waals surface area contributed by atoms with Crippen LogP contribution in [0.3, 0.4) is 0 Å². The van der Waals surface area contributed by atoms with Crippen molar-refractivity contribution in [1.82, 2.24) is 16.2 Å². The van der Waals surface area contributed by atoms with Gasteiger partial charge in [-0.2, -0.15) is 0 Å². The summed E-state index contributed by atoms with van der Waals surface area (Å²) in [5.41, 5.74) is 9.98. The first-order valence-corrected chi connectivity index (χ1v) is 8.30. The number of nitrogens with two attached hydrogens (primary N) is 1. The molecular weight excluding hydrogens is 340 g/mol. The van der Waals surface area contributed by atoms with Crippen molar-refractivity contribution in [1.29, 1.82) is 0 Å². The van der Waals surface area contributed by atoms with Gasteiger partial charge in [0.2, 0.25) is 0 Å². The summed E-state index contributed by atoms with van der Waals surface area (Å²) in [4.78, 5) is 35.5. The van der Waals surface area contributed by atoms with Crippen LogP contribution in [-0.2, 0) is 4.79 Å². The molecule has 0 aliphatic heterocycles. The second kappa shape index (κ2) is 10.1. The molecule has 1 aromatic rings. The van der Waals surface area contributed by atoms with E-state index in [1.807, 2.05) is 13.8 Å². The van der Waals surface area contributed by atoms with Gasteiger partial charge in [-0.3, -0.25) is 20.4 Å². The van der Waals surface area contributed by atoms with Gasteiger partial charge in [0.25, 0.3) is 11.8 Å². The van der Waals surface area contributed by atoms with Gasteiger partial charge >= 0.3 is 6.03 Å². The van der Waals surface area contributed by atoms with Crippen molar-refractivity contribution < 1.29 is 23.9 Å². The Labute approximate surface area is 152 Å². The first kappa shape index (κ1) is 21.1. The summed E-state index contributed by atoms with van der Waals surface area (Å²) in [5, 5.41) is 2.37. The van der Waals surface area contributed by atoms with Gasteiger partial charge in [0.05, 0.1) is 13.7 Å². The number of amides is 4. The van der Waals surface area contributed by atoms with Crippen LogP contribution >= 0.6 is 0 Å². The molecular formula is C17H26N4O5. The lowest BCUT2D eigenvalue weighted by Crippen LogP contribution is -2.55. The quantitative estimate of drug-likeness (QED) is 0.508. The van der Waals surface area contributed by atoms with E-state index < -0.39 is 23.9 Å². The van der Waals surface area contributed by atoms with E-state index in [4.69, 9.17) is 15.2 Å². The number of hydrazine groups is 1. The standard InChI is InChI=1S/C17H26N4O5/c1-5-10(3)14(19-17(18)24)16(23)21-20-15(22)11-7-8-12(26-6-2)13(9-11)25-4/h7-10,14H,5-6H2,1-4H3,(H,20,22)(H,21,23)(H3,18,19,24). The Hall–Kier alpha value is -2.97. The normalized spacial score (nSPS) is 12.5. The maximum Gasteiger partial charge on any atom is 0.312 e. The van der Waals surface area contributed by atoms with Crippen LogP contribution < -0.4 is 31.4 Å².